The minimum Gasteiger partial charge on any atom is -0.444 e. The van der Waals surface area contributed by atoms with Gasteiger partial charge in [0.25, 0.3) is 5.69 Å². The van der Waals surface area contributed by atoms with Crippen LogP contribution in [0.2, 0.25) is 0 Å². The Bertz CT molecular complexity index is 622. The smallest absolute Gasteiger partial charge is 0.412 e. The number of carbonyl (C=O) groups is 1. The summed E-state index contributed by atoms with van der Waals surface area (Å²) in [5.41, 5.74) is 0.259. The Labute approximate surface area is 148 Å². The zero-order valence-electron chi connectivity index (χ0n) is 13.4. The van der Waals surface area contributed by atoms with Gasteiger partial charge in [0.1, 0.15) is 11.3 Å². The van der Waals surface area contributed by atoms with Crippen LogP contribution in [0.25, 0.3) is 0 Å². The molecule has 1 heterocycles. The Kier molecular flexibility index (Phi) is 5.33. The summed E-state index contributed by atoms with van der Waals surface area (Å²) >= 11 is 2.09. The molecule has 0 atom stereocenters. The average molecular weight is 433 g/mol. The number of nitrogens with zero attached hydrogens (tertiary/aromatic N) is 2. The third-order valence-electron chi connectivity index (χ3n) is 3.34. The van der Waals surface area contributed by atoms with Crippen LogP contribution in [0.5, 0.6) is 0 Å². The molecule has 2 rings (SSSR count). The Hall–Kier alpha value is -1.58. The van der Waals surface area contributed by atoms with Crippen LogP contribution >= 0.6 is 22.6 Å². The van der Waals surface area contributed by atoms with E-state index in [-0.39, 0.29) is 11.4 Å². The molecule has 8 heteroatoms. The molecule has 0 unspecified atom stereocenters. The van der Waals surface area contributed by atoms with Crippen molar-refractivity contribution in [1.29, 1.82) is 0 Å². The first-order valence-corrected chi connectivity index (χ1v) is 8.48. The van der Waals surface area contributed by atoms with E-state index in [4.69, 9.17) is 4.74 Å². The number of halogens is 1. The molecule has 0 aromatic heterocycles. The Morgan fingerprint density at radius 1 is 1.35 bits per heavy atom. The summed E-state index contributed by atoms with van der Waals surface area (Å²) < 4.78 is 5.98. The molecule has 1 aromatic carbocycles. The second kappa shape index (κ2) is 6.90. The highest BCUT2D eigenvalue weighted by atomic mass is 127. The second-order valence-electron chi connectivity index (χ2n) is 6.40. The van der Waals surface area contributed by atoms with Gasteiger partial charge in [-0.25, -0.2) is 4.79 Å². The van der Waals surface area contributed by atoms with Crippen LogP contribution < -0.4 is 10.2 Å². The number of nitro groups is 1. The van der Waals surface area contributed by atoms with Gasteiger partial charge in [0.15, 0.2) is 0 Å². The van der Waals surface area contributed by atoms with Gasteiger partial charge < -0.3 is 9.64 Å². The molecule has 23 heavy (non-hydrogen) atoms. The number of nitrogens with one attached hydrogen (secondary N) is 1. The molecule has 1 aromatic rings. The highest BCUT2D eigenvalue weighted by molar-refractivity contribution is 14.1. The maximum atomic E-state index is 11.9. The van der Waals surface area contributed by atoms with Crippen molar-refractivity contribution in [3.8, 4) is 0 Å². The summed E-state index contributed by atoms with van der Waals surface area (Å²) in [5, 5.41) is 13.8. The minimum atomic E-state index is -0.700. The van der Waals surface area contributed by atoms with Crippen LogP contribution in [0.4, 0.5) is 21.9 Å². The summed E-state index contributed by atoms with van der Waals surface area (Å²) in [6.45, 7) is 7.05. The normalized spacial score (nSPS) is 14.7. The third kappa shape index (κ3) is 4.69. The van der Waals surface area contributed by atoms with Crippen molar-refractivity contribution < 1.29 is 14.5 Å². The summed E-state index contributed by atoms with van der Waals surface area (Å²) in [6.07, 6.45) is 1.50. The second-order valence-corrected chi connectivity index (χ2v) is 7.56. The molecule has 1 amide bonds. The van der Waals surface area contributed by atoms with E-state index in [1.54, 1.807) is 26.8 Å². The maximum absolute atomic E-state index is 11.9. The highest BCUT2D eigenvalue weighted by Crippen LogP contribution is 2.35. The number of benzene rings is 1. The molecule has 7 nitrogen and oxygen atoms in total. The van der Waals surface area contributed by atoms with Crippen molar-refractivity contribution >= 4 is 45.7 Å². The zero-order chi connectivity index (χ0) is 17.2. The highest BCUT2D eigenvalue weighted by Gasteiger charge is 2.24. The molecule has 1 aliphatic rings. The van der Waals surface area contributed by atoms with E-state index in [9.17, 15) is 14.9 Å². The molecule has 0 bridgehead atoms. The average Bonchev–Trinajstić information content (AvgIpc) is 2.91. The van der Waals surface area contributed by atoms with Gasteiger partial charge in [0, 0.05) is 22.7 Å². The number of carbonyl (C=O) groups excluding carboxylic acids is 1. The van der Waals surface area contributed by atoms with Crippen LogP contribution in [-0.2, 0) is 4.74 Å². The summed E-state index contributed by atoms with van der Waals surface area (Å²) in [7, 11) is 0. The number of nitro benzene ring substituents is 1. The van der Waals surface area contributed by atoms with Crippen molar-refractivity contribution in [2.75, 3.05) is 23.3 Å². The van der Waals surface area contributed by atoms with Crippen molar-refractivity contribution in [3.63, 3.8) is 0 Å². The number of ether oxygens (including phenoxy) is 1. The van der Waals surface area contributed by atoms with Crippen molar-refractivity contribution in [1.82, 2.24) is 0 Å². The third-order valence-corrected chi connectivity index (χ3v) is 4.21. The topological polar surface area (TPSA) is 84.7 Å². The molecule has 0 aliphatic carbocycles. The fourth-order valence-corrected chi connectivity index (χ4v) is 3.21. The van der Waals surface area contributed by atoms with Gasteiger partial charge in [-0.05, 0) is 62.3 Å². The van der Waals surface area contributed by atoms with Gasteiger partial charge in [-0.2, -0.15) is 0 Å². The lowest BCUT2D eigenvalue weighted by atomic mass is 10.2. The minimum absolute atomic E-state index is 0.136. The fraction of sp³-hybridized carbons (Fsp3) is 0.533. The molecule has 126 valence electrons. The Morgan fingerprint density at radius 3 is 2.48 bits per heavy atom. The van der Waals surface area contributed by atoms with Crippen LogP contribution in [0, 0.1) is 13.7 Å². The Balaban J connectivity index is 2.33. The molecular formula is C15H20IN3O4. The monoisotopic (exact) mass is 433 g/mol. The molecular weight excluding hydrogens is 413 g/mol. The number of hydrogen-bond acceptors (Lipinski definition) is 5. The summed E-state index contributed by atoms with van der Waals surface area (Å²) in [6, 6.07) is 3.15. The standard InChI is InChI=1S/C15H20IN3O4/c1-15(2,3)23-14(20)17-11-9-12(18-6-4-5-7-18)10(16)8-13(11)19(21)22/h8-9H,4-7H2,1-3H3,(H,17,20). The molecule has 0 spiro atoms. The molecule has 0 saturated carbocycles. The fourth-order valence-electron chi connectivity index (χ4n) is 2.42. The van der Waals surface area contributed by atoms with Crippen LogP contribution in [0.3, 0.4) is 0 Å². The van der Waals surface area contributed by atoms with Crippen molar-refractivity contribution in [3.05, 3.63) is 25.8 Å². The SMILES string of the molecule is CC(C)(C)OC(=O)Nc1cc(N2CCCC2)c(I)cc1[N+](=O)[O-]. The summed E-state index contributed by atoms with van der Waals surface area (Å²) in [5.74, 6) is 0. The molecule has 1 fully saturated rings. The summed E-state index contributed by atoms with van der Waals surface area (Å²) in [4.78, 5) is 24.9. The largest absolute Gasteiger partial charge is 0.444 e. The van der Waals surface area contributed by atoms with Gasteiger partial charge in [-0.3, -0.25) is 15.4 Å². The molecule has 0 radical (unpaired) electrons. The molecule has 1 N–H and O–H groups in total. The lowest BCUT2D eigenvalue weighted by molar-refractivity contribution is -0.384. The predicted octanol–water partition coefficient (Wildman–Crippen LogP) is 4.15. The van der Waals surface area contributed by atoms with E-state index in [2.05, 4.69) is 32.8 Å². The van der Waals surface area contributed by atoms with E-state index in [0.29, 0.717) is 0 Å². The number of hydrogen-bond donors (Lipinski definition) is 1. The van der Waals surface area contributed by atoms with Gasteiger partial charge in [0.2, 0.25) is 0 Å². The first kappa shape index (κ1) is 17.8. The Morgan fingerprint density at radius 2 is 1.96 bits per heavy atom. The van der Waals surface area contributed by atoms with Crippen molar-refractivity contribution in [2.24, 2.45) is 0 Å². The molecule has 1 saturated heterocycles. The molecule has 1 aliphatic heterocycles. The van der Waals surface area contributed by atoms with Crippen molar-refractivity contribution in [2.45, 2.75) is 39.2 Å². The van der Waals surface area contributed by atoms with Gasteiger partial charge in [-0.15, -0.1) is 0 Å². The van der Waals surface area contributed by atoms with Gasteiger partial charge in [-0.1, -0.05) is 0 Å². The number of amides is 1. The predicted molar refractivity (Wildman–Crippen MR) is 97.1 cm³/mol. The van der Waals surface area contributed by atoms with E-state index in [1.165, 1.54) is 6.07 Å². The van der Waals surface area contributed by atoms with Crippen LogP contribution in [0.1, 0.15) is 33.6 Å². The van der Waals surface area contributed by atoms with Crippen LogP contribution in [-0.4, -0.2) is 29.7 Å². The zero-order valence-corrected chi connectivity index (χ0v) is 15.5. The quantitative estimate of drug-likeness (QED) is 0.440. The van der Waals surface area contributed by atoms with E-state index >= 15 is 0 Å². The van der Waals surface area contributed by atoms with Gasteiger partial charge in [0.05, 0.1) is 10.6 Å². The van der Waals surface area contributed by atoms with Gasteiger partial charge >= 0.3 is 6.09 Å². The van der Waals surface area contributed by atoms with E-state index in [0.717, 1.165) is 35.2 Å². The maximum Gasteiger partial charge on any atom is 0.412 e. The lowest BCUT2D eigenvalue weighted by Gasteiger charge is -2.22. The first-order chi connectivity index (χ1) is 10.7. The number of rotatable bonds is 3. The van der Waals surface area contributed by atoms with E-state index in [1.807, 2.05) is 0 Å². The van der Waals surface area contributed by atoms with Crippen LogP contribution in [0.15, 0.2) is 12.1 Å². The first-order valence-electron chi connectivity index (χ1n) is 7.40. The van der Waals surface area contributed by atoms with E-state index < -0.39 is 16.6 Å². The lowest BCUT2D eigenvalue weighted by Crippen LogP contribution is -2.27. The number of anilines is 2.